The van der Waals surface area contributed by atoms with Gasteiger partial charge < -0.3 is 15.0 Å². The number of ether oxygens (including phenoxy) is 1. The number of thioether (sulfide) groups is 1. The van der Waals surface area contributed by atoms with Gasteiger partial charge in [0.1, 0.15) is 12.1 Å². The number of aliphatic imine (C=N–C) groups is 1. The zero-order chi connectivity index (χ0) is 30.8. The molecule has 0 saturated carbocycles. The number of carbonyl (C=O) groups excluding carboxylic acids is 1. The first-order valence-electron chi connectivity index (χ1n) is 14.4. The minimum atomic E-state index is -4.75. The van der Waals surface area contributed by atoms with Crippen molar-refractivity contribution in [3.05, 3.63) is 89.7 Å². The van der Waals surface area contributed by atoms with Gasteiger partial charge in [0.2, 0.25) is 0 Å². The van der Waals surface area contributed by atoms with E-state index in [0.717, 1.165) is 46.3 Å². The fourth-order valence-electron chi connectivity index (χ4n) is 5.57. The van der Waals surface area contributed by atoms with E-state index in [4.69, 9.17) is 0 Å². The molecule has 4 aromatic rings. The fraction of sp³-hybridized carbons (Fsp3) is 0.312. The van der Waals surface area contributed by atoms with Crippen LogP contribution in [0.4, 0.5) is 23.7 Å². The average molecular weight is 621 g/mol. The van der Waals surface area contributed by atoms with Crippen LogP contribution >= 0.6 is 11.8 Å². The van der Waals surface area contributed by atoms with Gasteiger partial charge >= 0.3 is 12.4 Å². The number of para-hydroxylation sites is 1. The molecule has 0 spiro atoms. The Balaban J connectivity index is 1.11. The minimum Gasteiger partial charge on any atom is -0.406 e. The standard InChI is InChI=1S/C32H31F3N6O2S/c1-20(2)27-6-3-4-7-28(27)40-14-5-15-44-31(40)38-30(42)37-24-17-21-8-9-22(16-23(21)18-24)29-36-19-41(39-29)25-10-12-26(13-11-25)43-32(33,34)35/h3-4,6-13,16,19-20,24H,5,14-15,17-18H2,1-2H3,(H,37,42)/b38-31-. The highest BCUT2D eigenvalue weighted by Gasteiger charge is 2.31. The summed E-state index contributed by atoms with van der Waals surface area (Å²) in [7, 11) is 0. The highest BCUT2D eigenvalue weighted by molar-refractivity contribution is 8.14. The van der Waals surface area contributed by atoms with E-state index in [1.165, 1.54) is 40.8 Å². The van der Waals surface area contributed by atoms with Gasteiger partial charge in [-0.05, 0) is 78.3 Å². The molecule has 1 fully saturated rings. The molecule has 1 aliphatic carbocycles. The van der Waals surface area contributed by atoms with Crippen LogP contribution in [0.15, 0.2) is 78.0 Å². The van der Waals surface area contributed by atoms with Crippen LogP contribution in [0.3, 0.4) is 0 Å². The van der Waals surface area contributed by atoms with E-state index in [2.05, 4.69) is 56.0 Å². The van der Waals surface area contributed by atoms with Crippen molar-refractivity contribution < 1.29 is 22.7 Å². The maximum Gasteiger partial charge on any atom is 0.573 e. The Kier molecular flexibility index (Phi) is 8.35. The number of rotatable bonds is 6. The summed E-state index contributed by atoms with van der Waals surface area (Å²) in [4.78, 5) is 24.2. The van der Waals surface area contributed by atoms with Crippen LogP contribution in [0.1, 0.15) is 42.9 Å². The molecule has 3 aromatic carbocycles. The van der Waals surface area contributed by atoms with Crippen molar-refractivity contribution in [3.63, 3.8) is 0 Å². The Morgan fingerprint density at radius 3 is 2.61 bits per heavy atom. The van der Waals surface area contributed by atoms with E-state index in [1.807, 2.05) is 30.3 Å². The number of nitrogens with one attached hydrogen (secondary N) is 1. The van der Waals surface area contributed by atoms with Crippen molar-refractivity contribution in [1.82, 2.24) is 20.1 Å². The molecule has 1 saturated heterocycles. The van der Waals surface area contributed by atoms with Gasteiger partial charge in [-0.2, -0.15) is 4.99 Å². The quantitative estimate of drug-likeness (QED) is 0.247. The number of aromatic nitrogens is 3. The third-order valence-corrected chi connectivity index (χ3v) is 8.65. The second-order valence-corrected chi connectivity index (χ2v) is 12.1. The number of hydrogen-bond acceptors (Lipinski definition) is 5. The highest BCUT2D eigenvalue weighted by Crippen LogP contribution is 2.32. The molecule has 228 valence electrons. The Morgan fingerprint density at radius 1 is 1.07 bits per heavy atom. The van der Waals surface area contributed by atoms with Gasteiger partial charge in [0, 0.05) is 29.6 Å². The number of fused-ring (bicyclic) bond motifs is 1. The van der Waals surface area contributed by atoms with Crippen molar-refractivity contribution >= 4 is 28.6 Å². The van der Waals surface area contributed by atoms with Crippen LogP contribution in [0.5, 0.6) is 5.75 Å². The Morgan fingerprint density at radius 2 is 1.84 bits per heavy atom. The third-order valence-electron chi connectivity index (χ3n) is 7.59. The SMILES string of the molecule is CC(C)c1ccccc1N1CCCS/C1=N\C(=O)NC1Cc2ccc(-c3ncn(-c4ccc(OC(F)(F)F)cc4)n3)cc2C1. The predicted octanol–water partition coefficient (Wildman–Crippen LogP) is 7.13. The summed E-state index contributed by atoms with van der Waals surface area (Å²) in [5, 5.41) is 8.34. The Bertz CT molecular complexity index is 1690. The highest BCUT2D eigenvalue weighted by atomic mass is 32.2. The molecular formula is C32H31F3N6O2S. The number of anilines is 1. The molecule has 6 rings (SSSR count). The molecule has 1 aromatic heterocycles. The maximum atomic E-state index is 13.1. The summed E-state index contributed by atoms with van der Waals surface area (Å²) >= 11 is 1.61. The van der Waals surface area contributed by atoms with Crippen molar-refractivity contribution in [1.29, 1.82) is 0 Å². The average Bonchev–Trinajstić information content (AvgIpc) is 3.64. The Labute approximate surface area is 257 Å². The number of halogens is 3. The lowest BCUT2D eigenvalue weighted by Gasteiger charge is -2.32. The summed E-state index contributed by atoms with van der Waals surface area (Å²) in [6.07, 6.45) is -0.854. The smallest absolute Gasteiger partial charge is 0.406 e. The first-order valence-corrected chi connectivity index (χ1v) is 15.4. The van der Waals surface area contributed by atoms with E-state index < -0.39 is 6.36 Å². The Hall–Kier alpha value is -4.32. The molecule has 2 heterocycles. The molecule has 12 heteroatoms. The summed E-state index contributed by atoms with van der Waals surface area (Å²) in [6, 6.07) is 19.3. The van der Waals surface area contributed by atoms with Gasteiger partial charge in [-0.25, -0.2) is 14.5 Å². The monoisotopic (exact) mass is 620 g/mol. The summed E-state index contributed by atoms with van der Waals surface area (Å²) in [5.74, 6) is 1.45. The van der Waals surface area contributed by atoms with Gasteiger partial charge in [-0.3, -0.25) is 0 Å². The van der Waals surface area contributed by atoms with E-state index in [9.17, 15) is 18.0 Å². The van der Waals surface area contributed by atoms with Gasteiger partial charge in [0.25, 0.3) is 0 Å². The van der Waals surface area contributed by atoms with Crippen LogP contribution in [-0.2, 0) is 12.8 Å². The summed E-state index contributed by atoms with van der Waals surface area (Å²) < 4.78 is 42.8. The summed E-state index contributed by atoms with van der Waals surface area (Å²) in [5.41, 5.74) is 5.94. The third kappa shape index (κ3) is 6.75. The van der Waals surface area contributed by atoms with Gasteiger partial charge in [0.15, 0.2) is 11.0 Å². The maximum absolute atomic E-state index is 13.1. The van der Waals surface area contributed by atoms with Crippen LogP contribution in [-0.4, -0.2) is 50.7 Å². The van der Waals surface area contributed by atoms with Gasteiger partial charge in [-0.1, -0.05) is 55.9 Å². The van der Waals surface area contributed by atoms with Crippen molar-refractivity contribution in [2.45, 2.75) is 51.4 Å². The molecule has 1 aliphatic heterocycles. The first kappa shape index (κ1) is 29.7. The van der Waals surface area contributed by atoms with Crippen LogP contribution in [0.2, 0.25) is 0 Å². The first-order chi connectivity index (χ1) is 21.1. The van der Waals surface area contributed by atoms with E-state index >= 15 is 0 Å². The largest absolute Gasteiger partial charge is 0.573 e. The lowest BCUT2D eigenvalue weighted by Crippen LogP contribution is -2.38. The van der Waals surface area contributed by atoms with Crippen molar-refractivity contribution in [2.24, 2.45) is 4.99 Å². The fourth-order valence-corrected chi connectivity index (χ4v) is 6.52. The van der Waals surface area contributed by atoms with Crippen molar-refractivity contribution in [3.8, 4) is 22.8 Å². The van der Waals surface area contributed by atoms with Crippen LogP contribution in [0.25, 0.3) is 17.1 Å². The van der Waals surface area contributed by atoms with E-state index in [1.54, 1.807) is 11.8 Å². The lowest BCUT2D eigenvalue weighted by atomic mass is 10.0. The van der Waals surface area contributed by atoms with Gasteiger partial charge in [0.05, 0.1) is 5.69 Å². The lowest BCUT2D eigenvalue weighted by molar-refractivity contribution is -0.274. The number of amidine groups is 1. The molecule has 1 unspecified atom stereocenters. The van der Waals surface area contributed by atoms with E-state index in [-0.39, 0.29) is 17.8 Å². The molecule has 8 nitrogen and oxygen atoms in total. The molecule has 2 aliphatic rings. The van der Waals surface area contributed by atoms with Crippen LogP contribution in [0, 0.1) is 0 Å². The van der Waals surface area contributed by atoms with Gasteiger partial charge in [-0.15, -0.1) is 18.3 Å². The molecule has 2 amide bonds. The topological polar surface area (TPSA) is 84.6 Å². The number of carbonyl (C=O) groups is 1. The second kappa shape index (κ2) is 12.4. The molecule has 44 heavy (non-hydrogen) atoms. The minimum absolute atomic E-state index is 0.0787. The number of benzene rings is 3. The number of alkyl halides is 3. The zero-order valence-electron chi connectivity index (χ0n) is 24.2. The predicted molar refractivity (Wildman–Crippen MR) is 166 cm³/mol. The normalized spacial score (nSPS) is 17.6. The molecular weight excluding hydrogens is 589 g/mol. The number of hydrogen-bond donors (Lipinski definition) is 1. The summed E-state index contributed by atoms with van der Waals surface area (Å²) in [6.45, 7) is 5.16. The zero-order valence-corrected chi connectivity index (χ0v) is 25.0. The van der Waals surface area contributed by atoms with Crippen molar-refractivity contribution in [2.75, 3.05) is 17.2 Å². The van der Waals surface area contributed by atoms with Crippen LogP contribution < -0.4 is 15.0 Å². The number of urea groups is 1. The van der Waals surface area contributed by atoms with E-state index in [0.29, 0.717) is 30.3 Å². The molecule has 0 radical (unpaired) electrons. The number of nitrogens with zero attached hydrogens (tertiary/aromatic N) is 5. The molecule has 1 atom stereocenters. The second-order valence-electron chi connectivity index (χ2n) is 11.1. The number of amides is 2. The molecule has 0 bridgehead atoms. The molecule has 1 N–H and O–H groups in total.